The van der Waals surface area contributed by atoms with Gasteiger partial charge >= 0.3 is 0 Å². The molecule has 1 aliphatic heterocycles. The average molecular weight is 262 g/mol. The van der Waals surface area contributed by atoms with Crippen molar-refractivity contribution in [1.82, 2.24) is 4.90 Å². The monoisotopic (exact) mass is 262 g/mol. The van der Waals surface area contributed by atoms with Crippen LogP contribution in [0, 0.1) is 6.92 Å². The molecule has 2 amide bonds. The quantitative estimate of drug-likeness (QED) is 0.818. The van der Waals surface area contributed by atoms with Crippen LogP contribution in [0.5, 0.6) is 5.75 Å². The lowest BCUT2D eigenvalue weighted by Gasteiger charge is -2.16. The van der Waals surface area contributed by atoms with Crippen molar-refractivity contribution in [3.8, 4) is 5.75 Å². The van der Waals surface area contributed by atoms with Crippen LogP contribution in [0.25, 0.3) is 0 Å². The number of methoxy groups -OCH3 is 1. The maximum absolute atomic E-state index is 11.5. The highest BCUT2D eigenvalue weighted by molar-refractivity contribution is 6.01. The number of carbonyl (C=O) groups excluding carboxylic acids is 2. The van der Waals surface area contributed by atoms with Gasteiger partial charge in [0.1, 0.15) is 5.75 Å². The maximum Gasteiger partial charge on any atom is 0.229 e. The minimum atomic E-state index is -0.0805. The van der Waals surface area contributed by atoms with Gasteiger partial charge in [-0.1, -0.05) is 6.07 Å². The number of nitrogens with one attached hydrogen (secondary N) is 1. The van der Waals surface area contributed by atoms with E-state index in [4.69, 9.17) is 4.74 Å². The van der Waals surface area contributed by atoms with E-state index in [1.165, 1.54) is 4.90 Å². The lowest BCUT2D eigenvalue weighted by molar-refractivity contribution is -0.138. The number of rotatable bonds is 5. The Morgan fingerprint density at radius 2 is 1.95 bits per heavy atom. The standard InChI is InChI=1S/C14H18N2O3/c1-10-3-4-12(19-2)11(9-10)15-7-8-16-13(17)5-6-14(16)18/h3-4,9,15H,5-8H2,1-2H3. The summed E-state index contributed by atoms with van der Waals surface area (Å²) < 4.78 is 5.26. The zero-order valence-corrected chi connectivity index (χ0v) is 11.2. The van der Waals surface area contributed by atoms with E-state index in [1.54, 1.807) is 7.11 Å². The molecule has 0 saturated carbocycles. The molecule has 19 heavy (non-hydrogen) atoms. The summed E-state index contributed by atoms with van der Waals surface area (Å²) in [4.78, 5) is 24.2. The average Bonchev–Trinajstić information content (AvgIpc) is 2.70. The molecule has 0 radical (unpaired) electrons. The molecule has 1 aromatic rings. The molecule has 5 heteroatoms. The SMILES string of the molecule is COc1ccc(C)cc1NCCN1C(=O)CCC1=O. The van der Waals surface area contributed by atoms with Gasteiger partial charge < -0.3 is 10.1 Å². The van der Waals surface area contributed by atoms with Crippen molar-refractivity contribution in [2.45, 2.75) is 19.8 Å². The number of nitrogens with zero attached hydrogens (tertiary/aromatic N) is 1. The van der Waals surface area contributed by atoms with Crippen LogP contribution >= 0.6 is 0 Å². The summed E-state index contributed by atoms with van der Waals surface area (Å²) in [6.45, 7) is 2.92. The van der Waals surface area contributed by atoms with Crippen LogP contribution in [0.2, 0.25) is 0 Å². The van der Waals surface area contributed by atoms with Crippen molar-refractivity contribution in [1.29, 1.82) is 0 Å². The molecule has 102 valence electrons. The largest absolute Gasteiger partial charge is 0.495 e. The third-order valence-electron chi connectivity index (χ3n) is 3.16. The zero-order chi connectivity index (χ0) is 13.8. The fraction of sp³-hybridized carbons (Fsp3) is 0.429. The first-order chi connectivity index (χ1) is 9.11. The Morgan fingerprint density at radius 1 is 1.26 bits per heavy atom. The van der Waals surface area contributed by atoms with Gasteiger partial charge in [-0.3, -0.25) is 14.5 Å². The molecule has 0 aliphatic carbocycles. The molecule has 0 unspecified atom stereocenters. The highest BCUT2D eigenvalue weighted by atomic mass is 16.5. The summed E-state index contributed by atoms with van der Waals surface area (Å²) in [5.74, 6) is 0.593. The fourth-order valence-corrected chi connectivity index (χ4v) is 2.13. The second-order valence-corrected chi connectivity index (χ2v) is 4.57. The smallest absolute Gasteiger partial charge is 0.229 e. The molecule has 1 aliphatic rings. The maximum atomic E-state index is 11.5. The van der Waals surface area contributed by atoms with Crippen LogP contribution in [-0.4, -0.2) is 36.9 Å². The molecule has 1 aromatic carbocycles. The number of hydrogen-bond donors (Lipinski definition) is 1. The minimum Gasteiger partial charge on any atom is -0.495 e. The number of ether oxygens (including phenoxy) is 1. The topological polar surface area (TPSA) is 58.6 Å². The molecule has 2 rings (SSSR count). The summed E-state index contributed by atoms with van der Waals surface area (Å²) >= 11 is 0. The molecule has 1 N–H and O–H groups in total. The lowest BCUT2D eigenvalue weighted by atomic mass is 10.2. The number of anilines is 1. The second kappa shape index (κ2) is 5.73. The number of aryl methyl sites for hydroxylation is 1. The predicted octanol–water partition coefficient (Wildman–Crippen LogP) is 1.56. The van der Waals surface area contributed by atoms with Crippen molar-refractivity contribution in [3.05, 3.63) is 23.8 Å². The van der Waals surface area contributed by atoms with Crippen molar-refractivity contribution in [3.63, 3.8) is 0 Å². The summed E-state index contributed by atoms with van der Waals surface area (Å²) in [6.07, 6.45) is 0.680. The Balaban J connectivity index is 1.94. The predicted molar refractivity (Wildman–Crippen MR) is 72.2 cm³/mol. The molecule has 0 atom stereocenters. The molecule has 0 bridgehead atoms. The molecule has 5 nitrogen and oxygen atoms in total. The van der Waals surface area contributed by atoms with E-state index >= 15 is 0 Å². The number of imide groups is 1. The van der Waals surface area contributed by atoms with Crippen LogP contribution in [0.4, 0.5) is 5.69 Å². The van der Waals surface area contributed by atoms with Gasteiger partial charge in [0.15, 0.2) is 0 Å². The molecular formula is C14H18N2O3. The minimum absolute atomic E-state index is 0.0805. The first kappa shape index (κ1) is 13.4. The van der Waals surface area contributed by atoms with Crippen molar-refractivity contribution >= 4 is 17.5 Å². The summed E-state index contributed by atoms with van der Waals surface area (Å²) in [6, 6.07) is 5.84. The normalized spacial score (nSPS) is 14.9. The second-order valence-electron chi connectivity index (χ2n) is 4.57. The van der Waals surface area contributed by atoms with Gasteiger partial charge in [-0.15, -0.1) is 0 Å². The number of hydrogen-bond acceptors (Lipinski definition) is 4. The Kier molecular flexibility index (Phi) is 4.04. The first-order valence-electron chi connectivity index (χ1n) is 6.33. The Bertz CT molecular complexity index is 483. The molecular weight excluding hydrogens is 244 g/mol. The van der Waals surface area contributed by atoms with Gasteiger partial charge in [0, 0.05) is 25.9 Å². The van der Waals surface area contributed by atoms with Gasteiger partial charge in [-0.05, 0) is 24.6 Å². The zero-order valence-electron chi connectivity index (χ0n) is 11.2. The first-order valence-corrected chi connectivity index (χ1v) is 6.33. The molecule has 0 spiro atoms. The van der Waals surface area contributed by atoms with E-state index < -0.39 is 0 Å². The summed E-state index contributed by atoms with van der Waals surface area (Å²) in [5.41, 5.74) is 2.00. The Labute approximate surface area is 112 Å². The van der Waals surface area contributed by atoms with Gasteiger partial charge in [0.25, 0.3) is 0 Å². The van der Waals surface area contributed by atoms with Gasteiger partial charge in [-0.25, -0.2) is 0 Å². The van der Waals surface area contributed by atoms with Crippen molar-refractivity contribution < 1.29 is 14.3 Å². The van der Waals surface area contributed by atoms with E-state index in [2.05, 4.69) is 5.32 Å². The van der Waals surface area contributed by atoms with Crippen molar-refractivity contribution in [2.75, 3.05) is 25.5 Å². The molecule has 1 heterocycles. The number of benzene rings is 1. The van der Waals surface area contributed by atoms with Gasteiger partial charge in [0.2, 0.25) is 11.8 Å². The van der Waals surface area contributed by atoms with E-state index in [-0.39, 0.29) is 11.8 Å². The van der Waals surface area contributed by atoms with E-state index in [9.17, 15) is 9.59 Å². The Morgan fingerprint density at radius 3 is 2.58 bits per heavy atom. The van der Waals surface area contributed by atoms with Crippen LogP contribution in [0.15, 0.2) is 18.2 Å². The highest BCUT2D eigenvalue weighted by Crippen LogP contribution is 2.25. The van der Waals surface area contributed by atoms with Crippen LogP contribution in [0.1, 0.15) is 18.4 Å². The number of amides is 2. The summed E-state index contributed by atoms with van der Waals surface area (Å²) in [5, 5.41) is 3.20. The van der Waals surface area contributed by atoms with Crippen molar-refractivity contribution in [2.24, 2.45) is 0 Å². The van der Waals surface area contributed by atoms with Gasteiger partial charge in [-0.2, -0.15) is 0 Å². The number of likely N-dealkylation sites (tertiary alicyclic amines) is 1. The molecule has 1 fully saturated rings. The van der Waals surface area contributed by atoms with E-state index in [0.29, 0.717) is 25.9 Å². The Hall–Kier alpha value is -2.04. The third kappa shape index (κ3) is 3.05. The lowest BCUT2D eigenvalue weighted by Crippen LogP contribution is -2.33. The number of carbonyl (C=O) groups is 2. The van der Waals surface area contributed by atoms with E-state index in [0.717, 1.165) is 17.0 Å². The van der Waals surface area contributed by atoms with Gasteiger partial charge in [0.05, 0.1) is 12.8 Å². The molecule has 1 saturated heterocycles. The van der Waals surface area contributed by atoms with Crippen LogP contribution in [0.3, 0.4) is 0 Å². The third-order valence-corrected chi connectivity index (χ3v) is 3.16. The van der Waals surface area contributed by atoms with Crippen LogP contribution < -0.4 is 10.1 Å². The van der Waals surface area contributed by atoms with Crippen LogP contribution in [-0.2, 0) is 9.59 Å². The van der Waals surface area contributed by atoms with E-state index in [1.807, 2.05) is 25.1 Å². The highest BCUT2D eigenvalue weighted by Gasteiger charge is 2.27. The summed E-state index contributed by atoms with van der Waals surface area (Å²) in [7, 11) is 1.61. The fourth-order valence-electron chi connectivity index (χ4n) is 2.13. The molecule has 0 aromatic heterocycles.